The monoisotopic (exact) mass is 314 g/mol. The molecule has 4 heteroatoms. The van der Waals surface area contributed by atoms with Gasteiger partial charge in [0.1, 0.15) is 11.6 Å². The van der Waals surface area contributed by atoms with Gasteiger partial charge >= 0.3 is 0 Å². The summed E-state index contributed by atoms with van der Waals surface area (Å²) in [6, 6.07) is 4.15. The highest BCUT2D eigenvalue weighted by atomic mass is 16.5. The average Bonchev–Trinajstić information content (AvgIpc) is 3.04. The second-order valence-corrected chi connectivity index (χ2v) is 6.38. The molecule has 2 heterocycles. The van der Waals surface area contributed by atoms with Crippen LogP contribution in [0.25, 0.3) is 11.4 Å². The fourth-order valence-electron chi connectivity index (χ4n) is 3.35. The number of rotatable bonds is 5. The smallest absolute Gasteiger partial charge is 0.140 e. The van der Waals surface area contributed by atoms with Crippen molar-refractivity contribution in [2.75, 3.05) is 20.3 Å². The molecule has 0 N–H and O–H groups in total. The van der Waals surface area contributed by atoms with Gasteiger partial charge in [0.25, 0.3) is 0 Å². The van der Waals surface area contributed by atoms with E-state index in [4.69, 9.17) is 9.47 Å². The number of methoxy groups -OCH3 is 1. The Bertz CT molecular complexity index is 657. The molecule has 0 aliphatic carbocycles. The Balaban J connectivity index is 1.79. The van der Waals surface area contributed by atoms with Gasteiger partial charge in [-0.1, -0.05) is 0 Å². The third-order valence-electron chi connectivity index (χ3n) is 4.95. The van der Waals surface area contributed by atoms with Crippen LogP contribution in [0.15, 0.2) is 24.5 Å². The number of benzene rings is 1. The van der Waals surface area contributed by atoms with Crippen molar-refractivity contribution < 1.29 is 9.47 Å². The lowest BCUT2D eigenvalue weighted by atomic mass is 9.98. The zero-order chi connectivity index (χ0) is 16.2. The quantitative estimate of drug-likeness (QED) is 0.837. The molecule has 0 spiro atoms. The standard InChI is InChI=1S/C19H26N2O2/c1-14-15(2)18(22-3)7-6-17(14)19-20-9-11-21(19)10-8-16-5-4-12-23-13-16/h6-7,9,11,16H,4-5,8,10,12-13H2,1-3H3. The summed E-state index contributed by atoms with van der Waals surface area (Å²) in [6.07, 6.45) is 7.60. The molecule has 0 saturated carbocycles. The number of hydrogen-bond donors (Lipinski definition) is 0. The second kappa shape index (κ2) is 7.18. The van der Waals surface area contributed by atoms with Crippen molar-refractivity contribution in [3.05, 3.63) is 35.7 Å². The van der Waals surface area contributed by atoms with Crippen LogP contribution >= 0.6 is 0 Å². The summed E-state index contributed by atoms with van der Waals surface area (Å²) in [7, 11) is 1.72. The van der Waals surface area contributed by atoms with E-state index in [1.165, 1.54) is 29.5 Å². The Kier molecular flexibility index (Phi) is 5.01. The molecular weight excluding hydrogens is 288 g/mol. The zero-order valence-corrected chi connectivity index (χ0v) is 14.3. The minimum Gasteiger partial charge on any atom is -0.496 e. The first-order valence-electron chi connectivity index (χ1n) is 8.44. The summed E-state index contributed by atoms with van der Waals surface area (Å²) in [4.78, 5) is 4.60. The van der Waals surface area contributed by atoms with E-state index in [9.17, 15) is 0 Å². The molecule has 1 aromatic heterocycles. The summed E-state index contributed by atoms with van der Waals surface area (Å²) < 4.78 is 13.3. The lowest BCUT2D eigenvalue weighted by molar-refractivity contribution is 0.0501. The Morgan fingerprint density at radius 2 is 2.17 bits per heavy atom. The maximum absolute atomic E-state index is 5.59. The van der Waals surface area contributed by atoms with E-state index in [0.717, 1.165) is 37.8 Å². The molecule has 1 atom stereocenters. The van der Waals surface area contributed by atoms with Crippen LogP contribution in [0.2, 0.25) is 0 Å². The Morgan fingerprint density at radius 3 is 2.91 bits per heavy atom. The van der Waals surface area contributed by atoms with Crippen LogP contribution in [-0.4, -0.2) is 29.9 Å². The van der Waals surface area contributed by atoms with Crippen molar-refractivity contribution in [2.24, 2.45) is 5.92 Å². The fraction of sp³-hybridized carbons (Fsp3) is 0.526. The SMILES string of the molecule is COc1ccc(-c2nccn2CCC2CCCOC2)c(C)c1C. The third-order valence-corrected chi connectivity index (χ3v) is 4.95. The van der Waals surface area contributed by atoms with Gasteiger partial charge in [-0.3, -0.25) is 0 Å². The van der Waals surface area contributed by atoms with Crippen molar-refractivity contribution >= 4 is 0 Å². The molecular formula is C19H26N2O2. The van der Waals surface area contributed by atoms with Crippen molar-refractivity contribution in [3.8, 4) is 17.1 Å². The van der Waals surface area contributed by atoms with E-state index < -0.39 is 0 Å². The molecule has 23 heavy (non-hydrogen) atoms. The zero-order valence-electron chi connectivity index (χ0n) is 14.3. The van der Waals surface area contributed by atoms with E-state index in [1.54, 1.807) is 7.11 Å². The van der Waals surface area contributed by atoms with Gasteiger partial charge in [-0.05, 0) is 62.3 Å². The van der Waals surface area contributed by atoms with E-state index in [2.05, 4.69) is 35.7 Å². The van der Waals surface area contributed by atoms with Crippen LogP contribution in [0.5, 0.6) is 5.75 Å². The first-order chi connectivity index (χ1) is 11.2. The lowest BCUT2D eigenvalue weighted by Gasteiger charge is -2.22. The molecule has 1 aliphatic rings. The van der Waals surface area contributed by atoms with Gasteiger partial charge in [0.2, 0.25) is 0 Å². The number of ether oxygens (including phenoxy) is 2. The van der Waals surface area contributed by atoms with Crippen LogP contribution in [0.4, 0.5) is 0 Å². The second-order valence-electron chi connectivity index (χ2n) is 6.38. The first kappa shape index (κ1) is 16.1. The highest BCUT2D eigenvalue weighted by Gasteiger charge is 2.16. The molecule has 0 radical (unpaired) electrons. The summed E-state index contributed by atoms with van der Waals surface area (Å²) in [5.41, 5.74) is 3.60. The molecule has 1 unspecified atom stereocenters. The molecule has 4 nitrogen and oxygen atoms in total. The van der Waals surface area contributed by atoms with Crippen LogP contribution in [0.1, 0.15) is 30.4 Å². The number of aryl methyl sites for hydroxylation is 1. The van der Waals surface area contributed by atoms with Gasteiger partial charge in [0.05, 0.1) is 7.11 Å². The highest BCUT2D eigenvalue weighted by molar-refractivity contribution is 5.64. The van der Waals surface area contributed by atoms with Gasteiger partial charge in [-0.2, -0.15) is 0 Å². The summed E-state index contributed by atoms with van der Waals surface area (Å²) >= 11 is 0. The third kappa shape index (κ3) is 3.42. The highest BCUT2D eigenvalue weighted by Crippen LogP contribution is 2.30. The normalized spacial score (nSPS) is 18.1. The molecule has 0 amide bonds. The van der Waals surface area contributed by atoms with Crippen LogP contribution in [-0.2, 0) is 11.3 Å². The van der Waals surface area contributed by atoms with Gasteiger partial charge in [-0.15, -0.1) is 0 Å². The molecule has 124 valence electrons. The molecule has 3 rings (SSSR count). The minimum atomic E-state index is 0.678. The van der Waals surface area contributed by atoms with E-state index >= 15 is 0 Å². The van der Waals surface area contributed by atoms with Crippen molar-refractivity contribution in [1.29, 1.82) is 0 Å². The number of aromatic nitrogens is 2. The molecule has 1 aromatic carbocycles. The number of imidazole rings is 1. The molecule has 1 aliphatic heterocycles. The first-order valence-corrected chi connectivity index (χ1v) is 8.44. The van der Waals surface area contributed by atoms with Gasteiger partial charge in [0, 0.05) is 37.7 Å². The van der Waals surface area contributed by atoms with Crippen molar-refractivity contribution in [2.45, 2.75) is 39.7 Å². The predicted octanol–water partition coefficient (Wildman–Crippen LogP) is 3.99. The van der Waals surface area contributed by atoms with Crippen LogP contribution in [0.3, 0.4) is 0 Å². The fourth-order valence-corrected chi connectivity index (χ4v) is 3.35. The topological polar surface area (TPSA) is 36.3 Å². The van der Waals surface area contributed by atoms with Crippen LogP contribution in [0, 0.1) is 19.8 Å². The number of nitrogens with zero attached hydrogens (tertiary/aromatic N) is 2. The van der Waals surface area contributed by atoms with E-state index in [1.807, 2.05) is 12.3 Å². The Hall–Kier alpha value is -1.81. The maximum atomic E-state index is 5.59. The predicted molar refractivity (Wildman–Crippen MR) is 91.8 cm³/mol. The molecule has 0 bridgehead atoms. The van der Waals surface area contributed by atoms with Gasteiger partial charge in [-0.25, -0.2) is 4.98 Å². The van der Waals surface area contributed by atoms with E-state index in [-0.39, 0.29) is 0 Å². The van der Waals surface area contributed by atoms with Gasteiger partial charge < -0.3 is 14.0 Å². The molecule has 2 aromatic rings. The number of hydrogen-bond acceptors (Lipinski definition) is 3. The van der Waals surface area contributed by atoms with E-state index in [0.29, 0.717) is 5.92 Å². The Morgan fingerprint density at radius 1 is 1.30 bits per heavy atom. The van der Waals surface area contributed by atoms with Gasteiger partial charge in [0.15, 0.2) is 0 Å². The average molecular weight is 314 g/mol. The van der Waals surface area contributed by atoms with Crippen LogP contribution < -0.4 is 4.74 Å². The van der Waals surface area contributed by atoms with Crippen molar-refractivity contribution in [1.82, 2.24) is 9.55 Å². The summed E-state index contributed by atoms with van der Waals surface area (Å²) in [5.74, 6) is 2.66. The van der Waals surface area contributed by atoms with Crippen molar-refractivity contribution in [3.63, 3.8) is 0 Å². The largest absolute Gasteiger partial charge is 0.496 e. The molecule has 1 fully saturated rings. The maximum Gasteiger partial charge on any atom is 0.140 e. The Labute approximate surface area is 138 Å². The summed E-state index contributed by atoms with van der Waals surface area (Å²) in [6.45, 7) is 7.07. The lowest BCUT2D eigenvalue weighted by Crippen LogP contribution is -2.19. The minimum absolute atomic E-state index is 0.678. The summed E-state index contributed by atoms with van der Waals surface area (Å²) in [5, 5.41) is 0. The molecule has 1 saturated heterocycles.